The van der Waals surface area contributed by atoms with Crippen LogP contribution in [-0.4, -0.2) is 12.6 Å². The van der Waals surface area contributed by atoms with Crippen molar-refractivity contribution >= 4 is 5.97 Å². The molecule has 0 fully saturated rings. The summed E-state index contributed by atoms with van der Waals surface area (Å²) in [6.07, 6.45) is 10.8. The van der Waals surface area contributed by atoms with Crippen molar-refractivity contribution in [1.29, 1.82) is 0 Å². The molecule has 0 saturated heterocycles. The highest BCUT2D eigenvalue weighted by Crippen LogP contribution is 2.02. The molecule has 0 unspecified atom stereocenters. The molecular weight excluding hydrogens is 176 g/mol. The number of allylic oxidation sites excluding steroid dienone is 1. The van der Waals surface area contributed by atoms with Gasteiger partial charge in [0.1, 0.15) is 6.61 Å². The predicted octanol–water partition coefficient (Wildman–Crippen LogP) is 3.24. The highest BCUT2D eigenvalue weighted by molar-refractivity contribution is 5.81. The molecule has 0 aliphatic rings. The molecule has 0 saturated carbocycles. The molecule has 14 heavy (non-hydrogen) atoms. The standard InChI is InChI=1S/C12H20O2/c1-3-5-6-7-8-9-10-12(13)14-11-4-2/h4,9-10H,2-3,5-8,11H2,1H3. The number of ether oxygens (including phenoxy) is 1. The van der Waals surface area contributed by atoms with Crippen molar-refractivity contribution in [2.24, 2.45) is 0 Å². The highest BCUT2D eigenvalue weighted by atomic mass is 16.5. The van der Waals surface area contributed by atoms with Crippen molar-refractivity contribution in [2.75, 3.05) is 6.61 Å². The third-order valence-electron chi connectivity index (χ3n) is 1.82. The Morgan fingerprint density at radius 3 is 2.79 bits per heavy atom. The molecule has 0 amide bonds. The first-order chi connectivity index (χ1) is 6.81. The van der Waals surface area contributed by atoms with Gasteiger partial charge < -0.3 is 4.74 Å². The van der Waals surface area contributed by atoms with Gasteiger partial charge in [-0.05, 0) is 12.8 Å². The summed E-state index contributed by atoms with van der Waals surface area (Å²) in [4.78, 5) is 10.9. The van der Waals surface area contributed by atoms with Gasteiger partial charge in [-0.3, -0.25) is 0 Å². The molecule has 80 valence electrons. The van der Waals surface area contributed by atoms with Gasteiger partial charge in [-0.1, -0.05) is 44.9 Å². The Balaban J connectivity index is 3.32. The molecule has 0 spiro atoms. The lowest BCUT2D eigenvalue weighted by Gasteiger charge is -1.96. The summed E-state index contributed by atoms with van der Waals surface area (Å²) in [6, 6.07) is 0. The topological polar surface area (TPSA) is 26.3 Å². The van der Waals surface area contributed by atoms with E-state index in [-0.39, 0.29) is 5.97 Å². The number of hydrogen-bond donors (Lipinski definition) is 0. The minimum atomic E-state index is -0.277. The number of esters is 1. The average molecular weight is 196 g/mol. The van der Waals surface area contributed by atoms with Crippen LogP contribution in [0.15, 0.2) is 24.8 Å². The average Bonchev–Trinajstić information content (AvgIpc) is 2.20. The Labute approximate surface area is 86.6 Å². The second-order valence-corrected chi connectivity index (χ2v) is 3.17. The van der Waals surface area contributed by atoms with Gasteiger partial charge >= 0.3 is 5.97 Å². The van der Waals surface area contributed by atoms with E-state index in [2.05, 4.69) is 13.5 Å². The summed E-state index contributed by atoms with van der Waals surface area (Å²) in [6.45, 7) is 5.94. The lowest BCUT2D eigenvalue weighted by atomic mass is 10.1. The minimum absolute atomic E-state index is 0.277. The molecule has 0 aromatic heterocycles. The first-order valence-electron chi connectivity index (χ1n) is 5.25. The lowest BCUT2D eigenvalue weighted by molar-refractivity contribution is -0.136. The summed E-state index contributed by atoms with van der Waals surface area (Å²) in [5.41, 5.74) is 0. The molecule has 0 heterocycles. The van der Waals surface area contributed by atoms with Crippen molar-refractivity contribution in [3.63, 3.8) is 0 Å². The van der Waals surface area contributed by atoms with E-state index in [0.29, 0.717) is 6.61 Å². The van der Waals surface area contributed by atoms with Crippen LogP contribution in [-0.2, 0) is 9.53 Å². The zero-order chi connectivity index (χ0) is 10.6. The fourth-order valence-electron chi connectivity index (χ4n) is 1.06. The molecule has 0 aliphatic heterocycles. The fourth-order valence-corrected chi connectivity index (χ4v) is 1.06. The van der Waals surface area contributed by atoms with E-state index in [0.717, 1.165) is 12.8 Å². The molecule has 0 aliphatic carbocycles. The van der Waals surface area contributed by atoms with Crippen LogP contribution >= 0.6 is 0 Å². The fraction of sp³-hybridized carbons (Fsp3) is 0.583. The third-order valence-corrected chi connectivity index (χ3v) is 1.82. The monoisotopic (exact) mass is 196 g/mol. The van der Waals surface area contributed by atoms with Crippen LogP contribution < -0.4 is 0 Å². The Morgan fingerprint density at radius 2 is 2.14 bits per heavy atom. The van der Waals surface area contributed by atoms with E-state index >= 15 is 0 Å². The van der Waals surface area contributed by atoms with E-state index in [9.17, 15) is 4.79 Å². The first kappa shape index (κ1) is 12.9. The number of carbonyl (C=O) groups excluding carboxylic acids is 1. The van der Waals surface area contributed by atoms with Gasteiger partial charge in [0.15, 0.2) is 0 Å². The molecule has 0 radical (unpaired) electrons. The second-order valence-electron chi connectivity index (χ2n) is 3.17. The SMILES string of the molecule is C=CCOC(=O)C=CCCCCCC. The van der Waals surface area contributed by atoms with Crippen molar-refractivity contribution < 1.29 is 9.53 Å². The van der Waals surface area contributed by atoms with Gasteiger partial charge in [-0.15, -0.1) is 0 Å². The molecule has 2 nitrogen and oxygen atoms in total. The third kappa shape index (κ3) is 9.04. The van der Waals surface area contributed by atoms with E-state index in [1.165, 1.54) is 25.3 Å². The maximum absolute atomic E-state index is 10.9. The van der Waals surface area contributed by atoms with Gasteiger partial charge in [0.25, 0.3) is 0 Å². The Bertz CT molecular complexity index is 183. The first-order valence-corrected chi connectivity index (χ1v) is 5.25. The Morgan fingerprint density at radius 1 is 1.36 bits per heavy atom. The summed E-state index contributed by atoms with van der Waals surface area (Å²) in [5, 5.41) is 0. The van der Waals surface area contributed by atoms with Crippen molar-refractivity contribution in [2.45, 2.75) is 39.0 Å². The summed E-state index contributed by atoms with van der Waals surface area (Å²) < 4.78 is 4.78. The van der Waals surface area contributed by atoms with E-state index in [1.54, 1.807) is 6.08 Å². The van der Waals surface area contributed by atoms with Crippen LogP contribution in [0.4, 0.5) is 0 Å². The van der Waals surface area contributed by atoms with E-state index < -0.39 is 0 Å². The zero-order valence-corrected chi connectivity index (χ0v) is 9.00. The van der Waals surface area contributed by atoms with Gasteiger partial charge in [0, 0.05) is 6.08 Å². The maximum atomic E-state index is 10.9. The maximum Gasteiger partial charge on any atom is 0.330 e. The van der Waals surface area contributed by atoms with Crippen molar-refractivity contribution in [1.82, 2.24) is 0 Å². The summed E-state index contributed by atoms with van der Waals surface area (Å²) in [7, 11) is 0. The van der Waals surface area contributed by atoms with E-state index in [4.69, 9.17) is 4.74 Å². The number of carbonyl (C=O) groups is 1. The molecule has 0 N–H and O–H groups in total. The van der Waals surface area contributed by atoms with E-state index in [1.807, 2.05) is 6.08 Å². The van der Waals surface area contributed by atoms with Gasteiger partial charge in [0.2, 0.25) is 0 Å². The Hall–Kier alpha value is -1.05. The molecule has 0 aromatic carbocycles. The second kappa shape index (κ2) is 10.0. The molecule has 0 atom stereocenters. The minimum Gasteiger partial charge on any atom is -0.458 e. The molecular formula is C12H20O2. The summed E-state index contributed by atoms with van der Waals surface area (Å²) >= 11 is 0. The molecule has 2 heteroatoms. The largest absolute Gasteiger partial charge is 0.458 e. The molecule has 0 bridgehead atoms. The molecule has 0 rings (SSSR count). The quantitative estimate of drug-likeness (QED) is 0.258. The Kier molecular flexibility index (Phi) is 9.28. The predicted molar refractivity (Wildman–Crippen MR) is 59.1 cm³/mol. The highest BCUT2D eigenvalue weighted by Gasteiger charge is 1.92. The van der Waals surface area contributed by atoms with Crippen LogP contribution in [0.2, 0.25) is 0 Å². The normalized spacial score (nSPS) is 10.4. The van der Waals surface area contributed by atoms with Crippen molar-refractivity contribution in [3.8, 4) is 0 Å². The van der Waals surface area contributed by atoms with Crippen molar-refractivity contribution in [3.05, 3.63) is 24.8 Å². The van der Waals surface area contributed by atoms with Crippen LogP contribution in [0, 0.1) is 0 Å². The summed E-state index contributed by atoms with van der Waals surface area (Å²) in [5.74, 6) is -0.277. The van der Waals surface area contributed by atoms with Crippen LogP contribution in [0.1, 0.15) is 39.0 Å². The van der Waals surface area contributed by atoms with Crippen LogP contribution in [0.3, 0.4) is 0 Å². The van der Waals surface area contributed by atoms with Gasteiger partial charge in [-0.25, -0.2) is 4.79 Å². The van der Waals surface area contributed by atoms with Crippen LogP contribution in [0.5, 0.6) is 0 Å². The number of rotatable bonds is 8. The zero-order valence-electron chi connectivity index (χ0n) is 9.00. The molecule has 0 aromatic rings. The number of unbranched alkanes of at least 4 members (excludes halogenated alkanes) is 4. The van der Waals surface area contributed by atoms with Gasteiger partial charge in [0.05, 0.1) is 0 Å². The number of hydrogen-bond acceptors (Lipinski definition) is 2. The lowest BCUT2D eigenvalue weighted by Crippen LogP contribution is -1.99. The van der Waals surface area contributed by atoms with Gasteiger partial charge in [-0.2, -0.15) is 0 Å². The van der Waals surface area contributed by atoms with Crippen LogP contribution in [0.25, 0.3) is 0 Å². The smallest absolute Gasteiger partial charge is 0.330 e.